The molecule has 0 spiro atoms. The van der Waals surface area contributed by atoms with Crippen molar-refractivity contribution in [3.8, 4) is 0 Å². The molecule has 0 saturated carbocycles. The van der Waals surface area contributed by atoms with E-state index in [9.17, 15) is 0 Å². The molecule has 0 heterocycles. The van der Waals surface area contributed by atoms with Gasteiger partial charge in [-0.1, -0.05) is 0 Å². The molecule has 0 N–H and O–H groups in total. The van der Waals surface area contributed by atoms with Gasteiger partial charge in [0, 0.05) is 12.1 Å². The van der Waals surface area contributed by atoms with Crippen LogP contribution < -0.4 is 0 Å². The second-order valence-electron chi connectivity index (χ2n) is 37.0. The first-order valence-corrected chi connectivity index (χ1v) is 95.1. The van der Waals surface area contributed by atoms with Crippen molar-refractivity contribution < 1.29 is 61.7 Å². The predicted molar refractivity (Wildman–Crippen MR) is 450 cm³/mol. The third-order valence-electron chi connectivity index (χ3n) is 13.2. The summed E-state index contributed by atoms with van der Waals surface area (Å²) < 4.78 is 108. The van der Waals surface area contributed by atoms with Gasteiger partial charge in [0.25, 0.3) is 0 Å². The minimum absolute atomic E-state index is 0.449. The molecular formula is C53H144O15Si24. The highest BCUT2D eigenvalue weighted by Gasteiger charge is 2.56. The Balaban J connectivity index is 7.83. The lowest BCUT2D eigenvalue weighted by Gasteiger charge is -2.47. The van der Waals surface area contributed by atoms with Crippen molar-refractivity contribution in [2.24, 2.45) is 0 Å². The molecule has 0 aliphatic heterocycles. The summed E-state index contributed by atoms with van der Waals surface area (Å²) in [5.41, 5.74) is 0. The van der Waals surface area contributed by atoms with Crippen LogP contribution in [0.5, 0.6) is 0 Å². The first-order valence-electron chi connectivity index (χ1n) is 34.4. The summed E-state index contributed by atoms with van der Waals surface area (Å²) in [5.74, 6) is 0. The maximum Gasteiger partial charge on any atom is 0.469 e. The fraction of sp³-hybridized carbons (Fsp3) is 1.00. The number of hydrogen-bond acceptors (Lipinski definition) is 15. The normalized spacial score (nSPS) is 15.2. The third-order valence-corrected chi connectivity index (χ3v) is 82.4. The molecular weight excluding hydrogens is 1550 g/mol. The van der Waals surface area contributed by atoms with Gasteiger partial charge >= 0.3 is 27.1 Å². The molecule has 12 radical (unpaired) electrons. The molecule has 0 saturated heterocycles. The standard InChI is InChI=1S/C53H144O15Si24/c1-76(2,3)54-69-38-44-83(22,23)58-73-40-46-85(26,27)60-75(61-86(28,29)47-41-74-59-84(24,25)45-39-70-55-77(4,5)6)62-87(30,31)50-52-92(66-88(32,33)48-42-71-56-78(7,8)9,67-89(34,35)49-43-72-57-79(10,11)12)68-90(36,37)51-53-91(63-80(13,14)15,64-81(16,17)18)65-82(19,20)21/h75H,38-53H2,1-37H3. The average molecular weight is 1700 g/mol. The van der Waals surface area contributed by atoms with E-state index < -0.39 is 152 Å². The van der Waals surface area contributed by atoms with Crippen LogP contribution in [0.4, 0.5) is 0 Å². The largest absolute Gasteiger partial charge is 0.469 e. The minimum Gasteiger partial charge on any atom is -0.456 e. The quantitative estimate of drug-likeness (QED) is 0.0421. The molecule has 542 valence electrons. The van der Waals surface area contributed by atoms with Crippen LogP contribution in [0.15, 0.2) is 0 Å². The molecule has 0 aromatic rings. The van der Waals surface area contributed by atoms with Crippen LogP contribution in [0.25, 0.3) is 0 Å². The van der Waals surface area contributed by atoms with E-state index in [1.807, 2.05) is 0 Å². The molecule has 0 rings (SSSR count). The van der Waals surface area contributed by atoms with Gasteiger partial charge in [0.2, 0.25) is 58.6 Å². The van der Waals surface area contributed by atoms with Gasteiger partial charge in [0.15, 0.2) is 125 Å². The zero-order chi connectivity index (χ0) is 72.2. The van der Waals surface area contributed by atoms with E-state index in [0.717, 1.165) is 84.6 Å². The van der Waals surface area contributed by atoms with E-state index in [0.29, 0.717) is 70.7 Å². The van der Waals surface area contributed by atoms with E-state index in [-0.39, 0.29) is 0 Å². The highest BCUT2D eigenvalue weighted by Crippen LogP contribution is 2.40. The van der Waals surface area contributed by atoms with Gasteiger partial charge in [0.1, 0.15) is 0 Å². The second-order valence-corrected chi connectivity index (χ2v) is 120. The Morgan fingerprint density at radius 2 is 0.370 bits per heavy atom. The van der Waals surface area contributed by atoms with E-state index in [1.165, 1.54) is 0 Å². The van der Waals surface area contributed by atoms with Crippen LogP contribution in [0.1, 0.15) is 0 Å². The summed E-state index contributed by atoms with van der Waals surface area (Å²) in [4.78, 5) is 0. The Hall–Kier alpha value is 4.61. The van der Waals surface area contributed by atoms with E-state index >= 15 is 0 Å². The third kappa shape index (κ3) is 54.3. The zero-order valence-corrected chi connectivity index (χ0v) is 90.7. The number of hydrogen-bond donors (Lipinski definition) is 0. The summed E-state index contributed by atoms with van der Waals surface area (Å²) in [6, 6.07) is 15.3. The Labute approximate surface area is 605 Å². The lowest BCUT2D eigenvalue weighted by atomic mass is 10.9. The molecule has 0 bridgehead atoms. The molecule has 0 atom stereocenters. The molecule has 0 unspecified atom stereocenters. The van der Waals surface area contributed by atoms with E-state index in [1.54, 1.807) is 0 Å². The van der Waals surface area contributed by atoms with Crippen molar-refractivity contribution >= 4 is 210 Å². The van der Waals surface area contributed by atoms with Gasteiger partial charge in [-0.05, 0) is 327 Å². The molecule has 0 aromatic carbocycles. The van der Waals surface area contributed by atoms with Gasteiger partial charge < -0.3 is 61.7 Å². The Bertz CT molecular complexity index is 1920. The smallest absolute Gasteiger partial charge is 0.456 e. The fourth-order valence-corrected chi connectivity index (χ4v) is 84.2. The zero-order valence-electron chi connectivity index (χ0n) is 66.5. The molecule has 0 aliphatic carbocycles. The second kappa shape index (κ2) is 39.8. The average Bonchev–Trinajstić information content (AvgIpc) is 0.790. The van der Waals surface area contributed by atoms with Gasteiger partial charge in [-0.2, -0.15) is 0 Å². The molecule has 15 nitrogen and oxygen atoms in total. The maximum atomic E-state index is 8.16. The fourth-order valence-electron chi connectivity index (χ4n) is 8.96. The summed E-state index contributed by atoms with van der Waals surface area (Å²) in [6.45, 7) is 86.1. The van der Waals surface area contributed by atoms with Crippen molar-refractivity contribution in [1.29, 1.82) is 0 Å². The Morgan fingerprint density at radius 3 is 0.609 bits per heavy atom. The first kappa shape index (κ1) is 96.6. The first-order chi connectivity index (χ1) is 40.7. The van der Waals surface area contributed by atoms with E-state index in [4.69, 9.17) is 61.7 Å². The van der Waals surface area contributed by atoms with Crippen molar-refractivity contribution in [2.45, 2.75) is 339 Å². The Morgan fingerprint density at radius 1 is 0.185 bits per heavy atom. The van der Waals surface area contributed by atoms with Gasteiger partial charge in [-0.25, -0.2) is 0 Å². The monoisotopic (exact) mass is 1690 g/mol. The van der Waals surface area contributed by atoms with Crippen molar-refractivity contribution in [3.63, 3.8) is 0 Å². The van der Waals surface area contributed by atoms with Crippen LogP contribution >= 0.6 is 0 Å². The maximum absolute atomic E-state index is 8.16. The summed E-state index contributed by atoms with van der Waals surface area (Å²) in [5, 5.41) is 0. The molecule has 39 heteroatoms. The summed E-state index contributed by atoms with van der Waals surface area (Å²) >= 11 is 0. The van der Waals surface area contributed by atoms with Crippen LogP contribution in [0.2, 0.25) is 339 Å². The molecule has 92 heavy (non-hydrogen) atoms. The topological polar surface area (TPSA) is 138 Å². The van der Waals surface area contributed by atoms with Gasteiger partial charge in [0.05, 0.1) is 0 Å². The van der Waals surface area contributed by atoms with Gasteiger partial charge in [-0.15, -0.1) is 0 Å². The lowest BCUT2D eigenvalue weighted by molar-refractivity contribution is 0.241. The van der Waals surface area contributed by atoms with Crippen LogP contribution in [0, 0.1) is 0 Å². The Kier molecular flexibility index (Phi) is 41.8. The molecule has 0 aliphatic rings. The highest BCUT2D eigenvalue weighted by molar-refractivity contribution is 6.94. The molecule has 0 fully saturated rings. The molecule has 0 amide bonds. The number of rotatable bonds is 54. The van der Waals surface area contributed by atoms with Crippen molar-refractivity contribution in [2.75, 3.05) is 0 Å². The van der Waals surface area contributed by atoms with Crippen LogP contribution in [-0.2, 0) is 61.7 Å². The van der Waals surface area contributed by atoms with Crippen LogP contribution in [-0.4, -0.2) is 210 Å². The predicted octanol–water partition coefficient (Wildman–Crippen LogP) is 18.5. The van der Waals surface area contributed by atoms with Crippen molar-refractivity contribution in [1.82, 2.24) is 0 Å². The summed E-state index contributed by atoms with van der Waals surface area (Å²) in [6.07, 6.45) is 0. The summed E-state index contributed by atoms with van der Waals surface area (Å²) in [7, 11) is -37.9. The van der Waals surface area contributed by atoms with Crippen LogP contribution in [0.3, 0.4) is 0 Å². The van der Waals surface area contributed by atoms with Gasteiger partial charge in [-0.3, -0.25) is 0 Å². The minimum atomic E-state index is -3.58. The highest BCUT2D eigenvalue weighted by atomic mass is 28.5. The molecule has 0 aromatic heterocycles. The van der Waals surface area contributed by atoms with E-state index in [2.05, 4.69) is 242 Å². The SMILES string of the molecule is C[Si](C)(C)O[Si]CC[Si](C)(C)O[Si]CC[Si](C)(C)O[SiH](O[Si](C)(C)CC[Si]O[Si](C)(C)CC[Si]O[Si](C)(C)C)O[Si](C)(C)CC[Si](O[Si](C)(C)CC[Si]O[Si](C)(C)C)(O[Si](C)(C)CC[Si]O[Si](C)(C)C)O[Si](C)(C)CC[Si](O[Si](C)(C)C)(O[Si](C)(C)C)O[Si](C)(C)C. The lowest BCUT2D eigenvalue weighted by Crippen LogP contribution is -2.64. The van der Waals surface area contributed by atoms with Crippen molar-refractivity contribution in [3.05, 3.63) is 0 Å².